The van der Waals surface area contributed by atoms with Gasteiger partial charge in [-0.05, 0) is 75.4 Å². The van der Waals surface area contributed by atoms with E-state index in [1.54, 1.807) is 19.1 Å². The maximum atomic E-state index is 13.0. The minimum absolute atomic E-state index is 0.0735. The molecule has 0 saturated carbocycles. The molecule has 1 heterocycles. The number of amides is 1. The first-order valence-electron chi connectivity index (χ1n) is 11.2. The van der Waals surface area contributed by atoms with E-state index in [-0.39, 0.29) is 27.8 Å². The van der Waals surface area contributed by atoms with Crippen molar-refractivity contribution in [2.45, 2.75) is 44.4 Å². The third-order valence-electron chi connectivity index (χ3n) is 5.68. The predicted octanol–water partition coefficient (Wildman–Crippen LogP) is 5.82. The molecule has 2 N–H and O–H groups in total. The summed E-state index contributed by atoms with van der Waals surface area (Å²) in [6.07, 6.45) is 3.67. The number of rotatable bonds is 7. The molecule has 35 heavy (non-hydrogen) atoms. The average Bonchev–Trinajstić information content (AvgIpc) is 3.18. The number of ether oxygens (including phenoxy) is 1. The number of carbonyl (C=O) groups is 2. The molecular formula is C25H25ClN2O5S2. The molecule has 0 spiro atoms. The lowest BCUT2D eigenvalue weighted by atomic mass is 9.95. The lowest BCUT2D eigenvalue weighted by Gasteiger charge is -2.13. The Labute approximate surface area is 213 Å². The molecule has 4 rings (SSSR count). The van der Waals surface area contributed by atoms with Gasteiger partial charge in [-0.3, -0.25) is 9.52 Å². The number of carbonyl (C=O) groups excluding carboxylic acids is 2. The molecule has 0 unspecified atom stereocenters. The smallest absolute Gasteiger partial charge is 0.341 e. The number of aryl methyl sites for hydroxylation is 2. The number of halogens is 1. The van der Waals surface area contributed by atoms with Crippen LogP contribution >= 0.6 is 22.9 Å². The van der Waals surface area contributed by atoms with E-state index in [2.05, 4.69) is 10.0 Å². The highest BCUT2D eigenvalue weighted by atomic mass is 35.5. The standard InChI is InChI=1S/C25H25ClN2O5S2/c1-3-33-25(30)22-18-6-4-5-7-21(18)34-24(22)27-23(29)16-10-13-20(19(26)14-16)28-35(31,32)17-11-8-15(2)9-12-17/h8-14,28H,3-7H2,1-2H3,(H,27,29). The van der Waals surface area contributed by atoms with E-state index in [9.17, 15) is 18.0 Å². The summed E-state index contributed by atoms with van der Waals surface area (Å²) < 4.78 is 33.1. The Bertz CT molecular complexity index is 1380. The van der Waals surface area contributed by atoms with E-state index in [0.29, 0.717) is 10.6 Å². The monoisotopic (exact) mass is 532 g/mol. The number of thiophene rings is 1. The van der Waals surface area contributed by atoms with Gasteiger partial charge in [-0.1, -0.05) is 29.3 Å². The second-order valence-electron chi connectivity index (χ2n) is 8.20. The maximum Gasteiger partial charge on any atom is 0.341 e. The quantitative estimate of drug-likeness (QED) is 0.373. The van der Waals surface area contributed by atoms with Crippen molar-refractivity contribution in [2.75, 3.05) is 16.6 Å². The van der Waals surface area contributed by atoms with Gasteiger partial charge in [0.15, 0.2) is 0 Å². The number of benzene rings is 2. The Morgan fingerprint density at radius 3 is 2.49 bits per heavy atom. The van der Waals surface area contributed by atoms with Gasteiger partial charge in [0.05, 0.1) is 27.8 Å². The zero-order chi connectivity index (χ0) is 25.2. The zero-order valence-corrected chi connectivity index (χ0v) is 21.7. The van der Waals surface area contributed by atoms with Crippen LogP contribution in [0.5, 0.6) is 0 Å². The van der Waals surface area contributed by atoms with Crippen molar-refractivity contribution in [3.05, 3.63) is 74.6 Å². The summed E-state index contributed by atoms with van der Waals surface area (Å²) in [5.41, 5.74) is 2.70. The molecule has 1 amide bonds. The van der Waals surface area contributed by atoms with Crippen molar-refractivity contribution in [1.29, 1.82) is 0 Å². The summed E-state index contributed by atoms with van der Waals surface area (Å²) in [5, 5.41) is 3.36. The third kappa shape index (κ3) is 5.52. The summed E-state index contributed by atoms with van der Waals surface area (Å²) in [5.74, 6) is -0.898. The minimum Gasteiger partial charge on any atom is -0.462 e. The topological polar surface area (TPSA) is 102 Å². The van der Waals surface area contributed by atoms with Crippen molar-refractivity contribution in [2.24, 2.45) is 0 Å². The highest BCUT2D eigenvalue weighted by molar-refractivity contribution is 7.92. The van der Waals surface area contributed by atoms with E-state index >= 15 is 0 Å². The molecule has 1 aromatic heterocycles. The first kappa shape index (κ1) is 25.2. The summed E-state index contributed by atoms with van der Waals surface area (Å²) in [7, 11) is -3.84. The van der Waals surface area contributed by atoms with Crippen LogP contribution in [0.2, 0.25) is 5.02 Å². The zero-order valence-electron chi connectivity index (χ0n) is 19.3. The van der Waals surface area contributed by atoms with Crippen LogP contribution in [0.15, 0.2) is 47.4 Å². The van der Waals surface area contributed by atoms with Gasteiger partial charge in [0.2, 0.25) is 0 Å². The number of nitrogens with one attached hydrogen (secondary N) is 2. The Hall–Kier alpha value is -2.88. The normalized spacial score (nSPS) is 13.1. The molecule has 3 aromatic rings. The van der Waals surface area contributed by atoms with Crippen LogP contribution < -0.4 is 10.0 Å². The van der Waals surface area contributed by atoms with Crippen molar-refractivity contribution < 1.29 is 22.7 Å². The summed E-state index contributed by atoms with van der Waals surface area (Å²) >= 11 is 7.72. The van der Waals surface area contributed by atoms with Crippen molar-refractivity contribution in [3.63, 3.8) is 0 Å². The average molecular weight is 533 g/mol. The second kappa shape index (κ2) is 10.4. The minimum atomic E-state index is -3.84. The van der Waals surface area contributed by atoms with Crippen molar-refractivity contribution in [3.8, 4) is 0 Å². The molecule has 7 nitrogen and oxygen atoms in total. The summed E-state index contributed by atoms with van der Waals surface area (Å²) in [6, 6.07) is 10.7. The van der Waals surface area contributed by atoms with E-state index in [1.807, 2.05) is 6.92 Å². The number of sulfonamides is 1. The highest BCUT2D eigenvalue weighted by Crippen LogP contribution is 2.39. The Morgan fingerprint density at radius 1 is 1.09 bits per heavy atom. The summed E-state index contributed by atoms with van der Waals surface area (Å²) in [6.45, 7) is 3.85. The molecule has 0 bridgehead atoms. The number of fused-ring (bicyclic) bond motifs is 1. The van der Waals surface area contributed by atoms with Gasteiger partial charge < -0.3 is 10.1 Å². The molecule has 0 atom stereocenters. The van der Waals surface area contributed by atoms with Gasteiger partial charge in [0.1, 0.15) is 5.00 Å². The SMILES string of the molecule is CCOC(=O)c1c(NC(=O)c2ccc(NS(=O)(=O)c3ccc(C)cc3)c(Cl)c2)sc2c1CCCC2. The number of esters is 1. The van der Waals surface area contributed by atoms with Crippen LogP contribution in [0.4, 0.5) is 10.7 Å². The lowest BCUT2D eigenvalue weighted by molar-refractivity contribution is 0.0526. The van der Waals surface area contributed by atoms with Crippen LogP contribution in [-0.2, 0) is 27.6 Å². The van der Waals surface area contributed by atoms with Crippen molar-refractivity contribution in [1.82, 2.24) is 0 Å². The molecule has 0 radical (unpaired) electrons. The molecule has 0 fully saturated rings. The fourth-order valence-corrected chi connectivity index (χ4v) is 6.54. The van der Waals surface area contributed by atoms with Crippen LogP contribution in [0.25, 0.3) is 0 Å². The molecule has 184 valence electrons. The van der Waals surface area contributed by atoms with E-state index < -0.39 is 21.9 Å². The van der Waals surface area contributed by atoms with E-state index in [0.717, 1.165) is 41.7 Å². The Morgan fingerprint density at radius 2 is 1.80 bits per heavy atom. The highest BCUT2D eigenvalue weighted by Gasteiger charge is 2.27. The third-order valence-corrected chi connectivity index (χ3v) is 8.59. The molecular weight excluding hydrogens is 508 g/mol. The largest absolute Gasteiger partial charge is 0.462 e. The maximum absolute atomic E-state index is 13.0. The van der Waals surface area contributed by atoms with Crippen molar-refractivity contribution >= 4 is 55.5 Å². The van der Waals surface area contributed by atoms with Gasteiger partial charge >= 0.3 is 5.97 Å². The molecule has 2 aromatic carbocycles. The van der Waals surface area contributed by atoms with Gasteiger partial charge in [-0.15, -0.1) is 11.3 Å². The van der Waals surface area contributed by atoms with Gasteiger partial charge in [0, 0.05) is 10.4 Å². The first-order chi connectivity index (χ1) is 16.7. The number of hydrogen-bond acceptors (Lipinski definition) is 6. The number of anilines is 2. The number of hydrogen-bond donors (Lipinski definition) is 2. The van der Waals surface area contributed by atoms with E-state index in [1.165, 1.54) is 41.7 Å². The van der Waals surface area contributed by atoms with Crippen LogP contribution in [0, 0.1) is 6.92 Å². The van der Waals surface area contributed by atoms with Gasteiger partial charge in [-0.25, -0.2) is 13.2 Å². The Balaban J connectivity index is 1.56. The predicted molar refractivity (Wildman–Crippen MR) is 138 cm³/mol. The first-order valence-corrected chi connectivity index (χ1v) is 13.9. The molecule has 10 heteroatoms. The van der Waals surface area contributed by atoms with Crippen LogP contribution in [-0.4, -0.2) is 26.9 Å². The fraction of sp³-hybridized carbons (Fsp3) is 0.280. The molecule has 1 aliphatic carbocycles. The second-order valence-corrected chi connectivity index (χ2v) is 11.4. The Kier molecular flexibility index (Phi) is 7.49. The van der Waals surface area contributed by atoms with Gasteiger partial charge in [-0.2, -0.15) is 0 Å². The fourth-order valence-electron chi connectivity index (χ4n) is 3.91. The van der Waals surface area contributed by atoms with E-state index in [4.69, 9.17) is 16.3 Å². The molecule has 0 aliphatic heterocycles. The van der Waals surface area contributed by atoms with Gasteiger partial charge in [0.25, 0.3) is 15.9 Å². The van der Waals surface area contributed by atoms with Crippen LogP contribution in [0.1, 0.15) is 56.5 Å². The lowest BCUT2D eigenvalue weighted by Crippen LogP contribution is -2.16. The van der Waals surface area contributed by atoms with Crippen LogP contribution in [0.3, 0.4) is 0 Å². The molecule has 1 aliphatic rings. The molecule has 0 saturated heterocycles. The summed E-state index contributed by atoms with van der Waals surface area (Å²) in [4.78, 5) is 26.8.